The Bertz CT molecular complexity index is 1300. The third kappa shape index (κ3) is 5.45. The Morgan fingerprint density at radius 1 is 1.14 bits per heavy atom. The van der Waals surface area contributed by atoms with Crippen LogP contribution in [0.2, 0.25) is 0 Å². The number of nitrogens with zero attached hydrogens (tertiary/aromatic N) is 6. The zero-order chi connectivity index (χ0) is 27.1. The molecule has 11 nitrogen and oxygen atoms in total. The summed E-state index contributed by atoms with van der Waals surface area (Å²) in [6, 6.07) is 2.52. The van der Waals surface area contributed by atoms with Gasteiger partial charge in [-0.1, -0.05) is 0 Å². The lowest BCUT2D eigenvalue weighted by atomic mass is 10.2. The number of anilines is 2. The first kappa shape index (κ1) is 26.2. The van der Waals surface area contributed by atoms with Crippen LogP contribution < -0.4 is 15.5 Å². The Balaban J connectivity index is 0.000000405. The average molecular weight is 534 g/mol. The number of rotatable bonds is 3. The van der Waals surface area contributed by atoms with E-state index < -0.39 is 35.6 Å². The van der Waals surface area contributed by atoms with Crippen molar-refractivity contribution in [1.29, 1.82) is 0 Å². The minimum Gasteiger partial charge on any atom is -0.475 e. The third-order valence-electron chi connectivity index (χ3n) is 5.83. The van der Waals surface area contributed by atoms with E-state index in [1.54, 1.807) is 6.20 Å². The fraction of sp³-hybridized carbons (Fsp3) is 0.450. The number of hydrogen-bond donors (Lipinski definition) is 3. The molecule has 200 valence electrons. The van der Waals surface area contributed by atoms with Gasteiger partial charge in [0.05, 0.1) is 11.9 Å². The van der Waals surface area contributed by atoms with Gasteiger partial charge in [0.2, 0.25) is 0 Å². The average Bonchev–Trinajstić information content (AvgIpc) is 3.46. The largest absolute Gasteiger partial charge is 0.490 e. The van der Waals surface area contributed by atoms with Crippen LogP contribution in [0.25, 0.3) is 5.65 Å². The molecule has 0 saturated carbocycles. The Hall–Kier alpha value is -3.89. The van der Waals surface area contributed by atoms with Gasteiger partial charge < -0.3 is 20.6 Å². The van der Waals surface area contributed by atoms with E-state index in [-0.39, 0.29) is 5.56 Å². The van der Waals surface area contributed by atoms with Gasteiger partial charge in [-0.25, -0.2) is 14.3 Å². The standard InChI is InChI=1S/C18H19F3N8O.C2HF3O2/c1-27-9-13(15(26-27)18(19,20)21)24-17(30)12-8-23-28-5-4-14(25-16(12)28)29-10-2-3-11(29)7-22-6-10;3-2(4,5)1(6)7/h4-5,8-11,22H,2-3,6-7H2,1H3,(H,24,30);(H,6,7). The number of carbonyl (C=O) groups is 2. The van der Waals surface area contributed by atoms with E-state index in [2.05, 4.69) is 30.7 Å². The van der Waals surface area contributed by atoms with Crippen LogP contribution in [-0.4, -0.2) is 72.7 Å². The van der Waals surface area contributed by atoms with Gasteiger partial charge >= 0.3 is 18.3 Å². The highest BCUT2D eigenvalue weighted by atomic mass is 19.4. The molecule has 2 atom stereocenters. The number of fused-ring (bicyclic) bond motifs is 3. The van der Waals surface area contributed by atoms with E-state index in [0.29, 0.717) is 17.7 Å². The Morgan fingerprint density at radius 3 is 2.32 bits per heavy atom. The normalized spacial score (nSPS) is 19.5. The number of carboxylic acids is 1. The number of carbonyl (C=O) groups excluding carboxylic acids is 1. The molecule has 5 heterocycles. The van der Waals surface area contributed by atoms with Crippen molar-refractivity contribution in [2.75, 3.05) is 23.3 Å². The summed E-state index contributed by atoms with van der Waals surface area (Å²) in [6.45, 7) is 1.74. The predicted octanol–water partition coefficient (Wildman–Crippen LogP) is 2.31. The Kier molecular flexibility index (Phi) is 6.74. The summed E-state index contributed by atoms with van der Waals surface area (Å²) in [7, 11) is 1.36. The molecule has 1 amide bonds. The van der Waals surface area contributed by atoms with Crippen LogP contribution in [0, 0.1) is 0 Å². The van der Waals surface area contributed by atoms with Crippen molar-refractivity contribution in [2.45, 2.75) is 37.3 Å². The molecule has 0 aromatic carbocycles. The number of aliphatic carboxylic acids is 1. The van der Waals surface area contributed by atoms with Crippen LogP contribution in [0.5, 0.6) is 0 Å². The van der Waals surface area contributed by atoms with Crippen molar-refractivity contribution in [3.63, 3.8) is 0 Å². The fourth-order valence-corrected chi connectivity index (χ4v) is 4.29. The molecular formula is C20H20F6N8O3. The van der Waals surface area contributed by atoms with Crippen molar-refractivity contribution in [2.24, 2.45) is 7.05 Å². The van der Waals surface area contributed by atoms with E-state index in [1.807, 2.05) is 6.07 Å². The van der Waals surface area contributed by atoms with Gasteiger partial charge in [-0.05, 0) is 18.9 Å². The second-order valence-electron chi connectivity index (χ2n) is 8.38. The van der Waals surface area contributed by atoms with E-state index in [9.17, 15) is 31.1 Å². The van der Waals surface area contributed by atoms with E-state index in [1.165, 1.54) is 17.8 Å². The maximum absolute atomic E-state index is 13.2. The first-order chi connectivity index (χ1) is 17.3. The molecular weight excluding hydrogens is 514 g/mol. The summed E-state index contributed by atoms with van der Waals surface area (Å²) in [4.78, 5) is 28.6. The molecule has 0 radical (unpaired) electrons. The number of hydrogen-bond acceptors (Lipinski definition) is 7. The molecule has 2 unspecified atom stereocenters. The monoisotopic (exact) mass is 534 g/mol. The summed E-state index contributed by atoms with van der Waals surface area (Å²) >= 11 is 0. The minimum atomic E-state index is -5.08. The molecule has 3 aromatic rings. The van der Waals surface area contributed by atoms with Gasteiger partial charge in [-0.3, -0.25) is 9.48 Å². The van der Waals surface area contributed by atoms with E-state index in [0.717, 1.165) is 42.6 Å². The van der Waals surface area contributed by atoms with Gasteiger partial charge in [0, 0.05) is 44.6 Å². The van der Waals surface area contributed by atoms with Crippen LogP contribution >= 0.6 is 0 Å². The van der Waals surface area contributed by atoms with Crippen molar-refractivity contribution in [3.05, 3.63) is 35.9 Å². The van der Waals surface area contributed by atoms with E-state index in [4.69, 9.17) is 9.90 Å². The molecule has 2 aliphatic rings. The Morgan fingerprint density at radius 2 is 1.76 bits per heavy atom. The Labute approximate surface area is 204 Å². The summed E-state index contributed by atoms with van der Waals surface area (Å²) < 4.78 is 73.7. The van der Waals surface area contributed by atoms with Crippen LogP contribution in [0.4, 0.5) is 37.8 Å². The number of aryl methyl sites for hydroxylation is 1. The predicted molar refractivity (Wildman–Crippen MR) is 115 cm³/mol. The molecule has 2 aliphatic heterocycles. The lowest BCUT2D eigenvalue weighted by Gasteiger charge is -2.36. The van der Waals surface area contributed by atoms with Gasteiger partial charge in [0.15, 0.2) is 11.3 Å². The SMILES string of the molecule is Cn1cc(NC(=O)c2cnn3ccc(N4C5CCC4CNC5)nc23)c(C(F)(F)F)n1.O=C(O)C(F)(F)F. The highest BCUT2D eigenvalue weighted by molar-refractivity contribution is 6.08. The number of halogens is 6. The third-order valence-corrected chi connectivity index (χ3v) is 5.83. The zero-order valence-electron chi connectivity index (χ0n) is 19.0. The smallest absolute Gasteiger partial charge is 0.475 e. The van der Waals surface area contributed by atoms with Gasteiger partial charge in [0.1, 0.15) is 11.4 Å². The van der Waals surface area contributed by atoms with Gasteiger partial charge in [-0.15, -0.1) is 0 Å². The quantitative estimate of drug-likeness (QED) is 0.437. The lowest BCUT2D eigenvalue weighted by Crippen LogP contribution is -2.52. The number of amides is 1. The first-order valence-corrected chi connectivity index (χ1v) is 10.8. The van der Waals surface area contributed by atoms with Crippen LogP contribution in [0.1, 0.15) is 28.9 Å². The maximum atomic E-state index is 13.2. The van der Waals surface area contributed by atoms with Gasteiger partial charge in [0.25, 0.3) is 5.91 Å². The molecule has 2 bridgehead atoms. The molecule has 3 aromatic heterocycles. The van der Waals surface area contributed by atoms with Crippen molar-refractivity contribution >= 4 is 29.0 Å². The first-order valence-electron chi connectivity index (χ1n) is 10.8. The van der Waals surface area contributed by atoms with E-state index >= 15 is 0 Å². The summed E-state index contributed by atoms with van der Waals surface area (Å²) in [5.41, 5.74) is -1.18. The molecule has 2 saturated heterocycles. The summed E-state index contributed by atoms with van der Waals surface area (Å²) in [5, 5.41) is 20.4. The van der Waals surface area contributed by atoms with Crippen LogP contribution in [0.15, 0.2) is 24.7 Å². The molecule has 17 heteroatoms. The highest BCUT2D eigenvalue weighted by Crippen LogP contribution is 2.34. The molecule has 5 rings (SSSR count). The van der Waals surface area contributed by atoms with Crippen molar-refractivity contribution in [1.82, 2.24) is 29.7 Å². The van der Waals surface area contributed by atoms with Crippen molar-refractivity contribution < 1.29 is 41.0 Å². The number of piperazine rings is 1. The summed E-state index contributed by atoms with van der Waals surface area (Å²) in [6.07, 6.45) is -3.50. The number of alkyl halides is 6. The van der Waals surface area contributed by atoms with Crippen LogP contribution in [0.3, 0.4) is 0 Å². The second-order valence-corrected chi connectivity index (χ2v) is 8.38. The topological polar surface area (TPSA) is 130 Å². The van der Waals surface area contributed by atoms with Crippen LogP contribution in [-0.2, 0) is 18.0 Å². The molecule has 0 spiro atoms. The molecule has 3 N–H and O–H groups in total. The minimum absolute atomic E-state index is 0.0938. The number of carboxylic acid groups (broad SMARTS) is 1. The summed E-state index contributed by atoms with van der Waals surface area (Å²) in [5.74, 6) is -2.74. The molecule has 2 fully saturated rings. The second kappa shape index (κ2) is 9.53. The highest BCUT2D eigenvalue weighted by Gasteiger charge is 2.39. The maximum Gasteiger partial charge on any atom is 0.490 e. The number of nitrogens with one attached hydrogen (secondary N) is 2. The number of aromatic nitrogens is 5. The molecule has 37 heavy (non-hydrogen) atoms. The fourth-order valence-electron chi connectivity index (χ4n) is 4.29. The van der Waals surface area contributed by atoms with Crippen molar-refractivity contribution in [3.8, 4) is 0 Å². The zero-order valence-corrected chi connectivity index (χ0v) is 19.0. The molecule has 0 aliphatic carbocycles. The lowest BCUT2D eigenvalue weighted by molar-refractivity contribution is -0.192. The van der Waals surface area contributed by atoms with Gasteiger partial charge in [-0.2, -0.15) is 36.5 Å².